The fourth-order valence-electron chi connectivity index (χ4n) is 2.75. The highest BCUT2D eigenvalue weighted by Crippen LogP contribution is 2.38. The third-order valence-electron chi connectivity index (χ3n) is 4.40. The molecule has 0 aliphatic heterocycles. The Morgan fingerprint density at radius 1 is 1.03 bits per heavy atom. The molecule has 0 aliphatic rings. The van der Waals surface area contributed by atoms with E-state index in [1.807, 2.05) is 6.92 Å². The lowest BCUT2D eigenvalue weighted by Crippen LogP contribution is -2.25. The second kappa shape index (κ2) is 9.86. The molecule has 0 unspecified atom stereocenters. The third-order valence-corrected chi connectivity index (χ3v) is 4.40. The van der Waals surface area contributed by atoms with E-state index >= 15 is 0 Å². The average Bonchev–Trinajstić information content (AvgIpc) is 2.78. The molecule has 0 radical (unpaired) electrons. The van der Waals surface area contributed by atoms with Gasteiger partial charge in [0.15, 0.2) is 0 Å². The van der Waals surface area contributed by atoms with Gasteiger partial charge in [0.25, 0.3) is 5.76 Å². The van der Waals surface area contributed by atoms with Crippen molar-refractivity contribution in [2.75, 3.05) is 20.7 Å². The van der Waals surface area contributed by atoms with Crippen LogP contribution in [0.1, 0.15) is 29.5 Å². The van der Waals surface area contributed by atoms with Crippen molar-refractivity contribution in [3.05, 3.63) is 64.0 Å². The Morgan fingerprint density at radius 2 is 1.68 bits per heavy atom. The number of fused-ring (bicyclic) bond motifs is 1. The number of amides is 1. The lowest BCUT2D eigenvalue weighted by molar-refractivity contribution is -0.154. The van der Waals surface area contributed by atoms with Gasteiger partial charge in [-0.25, -0.2) is 9.59 Å². The van der Waals surface area contributed by atoms with Gasteiger partial charge in [-0.15, -0.1) is 0 Å². The molecule has 180 valence electrons. The maximum Gasteiger partial charge on any atom is 0.453 e. The Morgan fingerprint density at radius 3 is 2.26 bits per heavy atom. The van der Waals surface area contributed by atoms with Crippen LogP contribution in [0.4, 0.5) is 18.0 Å². The Hall–Kier alpha value is -4.02. The van der Waals surface area contributed by atoms with E-state index in [0.29, 0.717) is 6.42 Å². The van der Waals surface area contributed by atoms with E-state index in [2.05, 4.69) is 0 Å². The summed E-state index contributed by atoms with van der Waals surface area (Å²) in [6, 6.07) is 8.48. The zero-order chi connectivity index (χ0) is 25.0. The molecule has 11 heteroatoms. The van der Waals surface area contributed by atoms with Gasteiger partial charge in [0.05, 0.1) is 17.6 Å². The van der Waals surface area contributed by atoms with Gasteiger partial charge < -0.3 is 23.5 Å². The van der Waals surface area contributed by atoms with Crippen molar-refractivity contribution >= 4 is 23.0 Å². The van der Waals surface area contributed by atoms with Crippen LogP contribution in [-0.4, -0.2) is 37.7 Å². The number of rotatable bonds is 6. The van der Waals surface area contributed by atoms with E-state index in [9.17, 15) is 27.6 Å². The fraction of sp³-hybridized carbons (Fsp3) is 0.261. The van der Waals surface area contributed by atoms with Gasteiger partial charge in [-0.05, 0) is 42.8 Å². The Kier molecular flexibility index (Phi) is 7.14. The van der Waals surface area contributed by atoms with Crippen molar-refractivity contribution in [2.24, 2.45) is 0 Å². The van der Waals surface area contributed by atoms with Gasteiger partial charge in [-0.2, -0.15) is 13.2 Å². The molecule has 1 aromatic heterocycles. The molecule has 0 fully saturated rings. The minimum atomic E-state index is -5.07. The van der Waals surface area contributed by atoms with Crippen molar-refractivity contribution in [3.8, 4) is 17.2 Å². The molecular formula is C23H20F3NO7. The molecule has 1 amide bonds. The molecule has 0 atom stereocenters. The van der Waals surface area contributed by atoms with Crippen molar-refractivity contribution in [3.63, 3.8) is 0 Å². The normalized spacial score (nSPS) is 11.2. The number of alkyl halides is 3. The Balaban J connectivity index is 2.00. The molecule has 3 rings (SSSR count). The van der Waals surface area contributed by atoms with Crippen LogP contribution >= 0.6 is 0 Å². The Labute approximate surface area is 191 Å². The van der Waals surface area contributed by atoms with E-state index in [1.54, 1.807) is 0 Å². The van der Waals surface area contributed by atoms with Crippen LogP contribution in [0.3, 0.4) is 0 Å². The maximum absolute atomic E-state index is 13.7. The monoisotopic (exact) mass is 479 g/mol. The first-order valence-corrected chi connectivity index (χ1v) is 10.0. The zero-order valence-corrected chi connectivity index (χ0v) is 18.4. The topological polar surface area (TPSA) is 95.3 Å². The lowest BCUT2D eigenvalue weighted by atomic mass is 10.2. The minimum absolute atomic E-state index is 0.110. The summed E-state index contributed by atoms with van der Waals surface area (Å²) in [5.41, 5.74) is -1.35. The number of nitrogens with zero attached hydrogens (tertiary/aromatic N) is 1. The molecule has 0 saturated carbocycles. The molecular weight excluding hydrogens is 459 g/mol. The van der Waals surface area contributed by atoms with Crippen LogP contribution in [0.5, 0.6) is 17.2 Å². The number of ether oxygens (including phenoxy) is 3. The predicted octanol–water partition coefficient (Wildman–Crippen LogP) is 5.23. The quantitative estimate of drug-likeness (QED) is 0.447. The van der Waals surface area contributed by atoms with E-state index in [1.165, 1.54) is 50.5 Å². The zero-order valence-electron chi connectivity index (χ0n) is 18.4. The van der Waals surface area contributed by atoms with Crippen LogP contribution < -0.4 is 14.9 Å². The molecule has 0 saturated heterocycles. The first kappa shape index (κ1) is 24.6. The first-order chi connectivity index (χ1) is 16.0. The first-order valence-electron chi connectivity index (χ1n) is 10.0. The van der Waals surface area contributed by atoms with Crippen LogP contribution in [0, 0.1) is 0 Å². The summed E-state index contributed by atoms with van der Waals surface area (Å²) in [6.07, 6.45) is -5.20. The second-order valence-corrected chi connectivity index (χ2v) is 7.27. The standard InChI is InChI=1S/C23H20F3NO7/c1-4-11-31-21(29)13-5-7-14(8-6-13)32-19-18(28)16-10-9-15(33-22(30)27(2)3)12-17(16)34-20(19)23(24,25)26/h5-10,12H,4,11H2,1-3H3. The van der Waals surface area contributed by atoms with Crippen LogP contribution in [-0.2, 0) is 10.9 Å². The summed E-state index contributed by atoms with van der Waals surface area (Å²) in [4.78, 5) is 37.6. The van der Waals surface area contributed by atoms with Crippen LogP contribution in [0.15, 0.2) is 51.7 Å². The molecule has 0 N–H and O–H groups in total. The number of hydrogen-bond donors (Lipinski definition) is 0. The van der Waals surface area contributed by atoms with Gasteiger partial charge in [0.1, 0.15) is 17.1 Å². The smallest absolute Gasteiger partial charge is 0.453 e. The molecule has 34 heavy (non-hydrogen) atoms. The largest absolute Gasteiger partial charge is 0.462 e. The highest BCUT2D eigenvalue weighted by atomic mass is 19.4. The fourth-order valence-corrected chi connectivity index (χ4v) is 2.75. The molecule has 2 aromatic carbocycles. The maximum atomic E-state index is 13.7. The van der Waals surface area contributed by atoms with E-state index in [-0.39, 0.29) is 29.1 Å². The average molecular weight is 479 g/mol. The van der Waals surface area contributed by atoms with Crippen molar-refractivity contribution in [1.82, 2.24) is 4.90 Å². The number of benzene rings is 2. The summed E-state index contributed by atoms with van der Waals surface area (Å²) in [5.74, 6) is -3.56. The Bertz CT molecular complexity index is 1260. The number of hydrogen-bond acceptors (Lipinski definition) is 7. The summed E-state index contributed by atoms with van der Waals surface area (Å²) in [5, 5.41) is -0.215. The summed E-state index contributed by atoms with van der Waals surface area (Å²) in [7, 11) is 2.85. The van der Waals surface area contributed by atoms with Gasteiger partial charge in [0, 0.05) is 20.2 Å². The summed E-state index contributed by atoms with van der Waals surface area (Å²) < 4.78 is 61.3. The molecule has 0 spiro atoms. The number of carbonyl (C=O) groups excluding carboxylic acids is 2. The minimum Gasteiger partial charge on any atom is -0.462 e. The van der Waals surface area contributed by atoms with Crippen molar-refractivity contribution < 1.29 is 41.4 Å². The second-order valence-electron chi connectivity index (χ2n) is 7.27. The van der Waals surface area contributed by atoms with E-state index in [4.69, 9.17) is 18.6 Å². The van der Waals surface area contributed by atoms with Gasteiger partial charge in [-0.3, -0.25) is 4.79 Å². The third kappa shape index (κ3) is 5.48. The van der Waals surface area contributed by atoms with Crippen molar-refractivity contribution in [1.29, 1.82) is 0 Å². The lowest BCUT2D eigenvalue weighted by Gasteiger charge is -2.14. The highest BCUT2D eigenvalue weighted by Gasteiger charge is 2.40. The molecule has 0 bridgehead atoms. The SMILES string of the molecule is CCCOC(=O)c1ccc(Oc2c(C(F)(F)F)oc3cc(OC(=O)N(C)C)ccc3c2=O)cc1. The number of esters is 1. The summed E-state index contributed by atoms with van der Waals surface area (Å²) in [6.45, 7) is 2.05. The summed E-state index contributed by atoms with van der Waals surface area (Å²) >= 11 is 0. The number of halogens is 3. The molecule has 8 nitrogen and oxygen atoms in total. The van der Waals surface area contributed by atoms with Gasteiger partial charge in [-0.1, -0.05) is 6.92 Å². The number of carbonyl (C=O) groups is 2. The van der Waals surface area contributed by atoms with Crippen LogP contribution in [0.25, 0.3) is 11.0 Å². The van der Waals surface area contributed by atoms with Crippen molar-refractivity contribution in [2.45, 2.75) is 19.5 Å². The van der Waals surface area contributed by atoms with Crippen LogP contribution in [0.2, 0.25) is 0 Å². The molecule has 0 aliphatic carbocycles. The highest BCUT2D eigenvalue weighted by molar-refractivity contribution is 5.89. The van der Waals surface area contributed by atoms with Gasteiger partial charge in [0.2, 0.25) is 11.2 Å². The van der Waals surface area contributed by atoms with E-state index in [0.717, 1.165) is 11.0 Å². The molecule has 1 heterocycles. The van der Waals surface area contributed by atoms with Gasteiger partial charge >= 0.3 is 18.2 Å². The predicted molar refractivity (Wildman–Crippen MR) is 114 cm³/mol. The molecule has 3 aromatic rings. The van der Waals surface area contributed by atoms with E-state index < -0.39 is 40.8 Å².